The molecule has 2 fully saturated rings. The van der Waals surface area contributed by atoms with E-state index in [0.29, 0.717) is 19.4 Å². The van der Waals surface area contributed by atoms with Gasteiger partial charge in [0.2, 0.25) is 5.91 Å². The molecular formula is C18H22N2O6S. The molecule has 1 aromatic carbocycles. The molecule has 2 unspecified atom stereocenters. The molecule has 1 aromatic rings. The Bertz CT molecular complexity index is 849. The van der Waals surface area contributed by atoms with Crippen molar-refractivity contribution in [1.82, 2.24) is 5.32 Å². The SMILES string of the molecule is CC(OC(=O)c1ccc(N2CCCC2=O)cc1)C(=O)NC1CCS(=O)(=O)C1. The summed E-state index contributed by atoms with van der Waals surface area (Å²) in [6.07, 6.45) is 0.669. The van der Waals surface area contributed by atoms with Crippen molar-refractivity contribution in [2.45, 2.75) is 38.3 Å². The predicted octanol–water partition coefficient (Wildman–Crippen LogP) is 0.662. The predicted molar refractivity (Wildman–Crippen MR) is 98.1 cm³/mol. The largest absolute Gasteiger partial charge is 0.449 e. The van der Waals surface area contributed by atoms with Gasteiger partial charge in [-0.25, -0.2) is 13.2 Å². The lowest BCUT2D eigenvalue weighted by molar-refractivity contribution is -0.129. The van der Waals surface area contributed by atoms with E-state index in [0.717, 1.165) is 12.1 Å². The van der Waals surface area contributed by atoms with Gasteiger partial charge in [0.15, 0.2) is 15.9 Å². The summed E-state index contributed by atoms with van der Waals surface area (Å²) in [5.41, 5.74) is 0.996. The molecule has 2 aliphatic heterocycles. The Morgan fingerprint density at radius 2 is 1.96 bits per heavy atom. The van der Waals surface area contributed by atoms with Crippen molar-refractivity contribution in [3.8, 4) is 0 Å². The van der Waals surface area contributed by atoms with Gasteiger partial charge in [-0.3, -0.25) is 9.59 Å². The Hall–Kier alpha value is -2.42. The third-order valence-electron chi connectivity index (χ3n) is 4.72. The molecule has 0 aromatic heterocycles. The topological polar surface area (TPSA) is 110 Å². The van der Waals surface area contributed by atoms with Crippen molar-refractivity contribution >= 4 is 33.3 Å². The lowest BCUT2D eigenvalue weighted by Crippen LogP contribution is -2.42. The smallest absolute Gasteiger partial charge is 0.338 e. The number of carbonyl (C=O) groups is 3. The van der Waals surface area contributed by atoms with E-state index in [1.165, 1.54) is 6.92 Å². The Kier molecular flexibility index (Phi) is 5.50. The van der Waals surface area contributed by atoms with Crippen molar-refractivity contribution in [3.05, 3.63) is 29.8 Å². The molecule has 9 heteroatoms. The third-order valence-corrected chi connectivity index (χ3v) is 6.49. The molecule has 2 amide bonds. The second kappa shape index (κ2) is 7.67. The molecule has 2 atom stereocenters. The van der Waals surface area contributed by atoms with Crippen LogP contribution in [0.5, 0.6) is 0 Å². The molecular weight excluding hydrogens is 372 g/mol. The molecule has 27 heavy (non-hydrogen) atoms. The molecule has 0 radical (unpaired) electrons. The zero-order valence-corrected chi connectivity index (χ0v) is 15.8. The van der Waals surface area contributed by atoms with Crippen LogP contribution < -0.4 is 10.2 Å². The first-order valence-electron chi connectivity index (χ1n) is 8.87. The van der Waals surface area contributed by atoms with Crippen molar-refractivity contribution in [2.24, 2.45) is 0 Å². The molecule has 2 heterocycles. The van der Waals surface area contributed by atoms with Crippen LogP contribution in [0.25, 0.3) is 0 Å². The number of benzene rings is 1. The lowest BCUT2D eigenvalue weighted by atomic mass is 10.2. The van der Waals surface area contributed by atoms with Crippen LogP contribution in [0.15, 0.2) is 24.3 Å². The van der Waals surface area contributed by atoms with E-state index in [2.05, 4.69) is 5.32 Å². The van der Waals surface area contributed by atoms with Gasteiger partial charge < -0.3 is 15.0 Å². The number of sulfone groups is 1. The summed E-state index contributed by atoms with van der Waals surface area (Å²) in [6, 6.07) is 6.01. The summed E-state index contributed by atoms with van der Waals surface area (Å²) in [7, 11) is -3.10. The molecule has 0 aliphatic carbocycles. The van der Waals surface area contributed by atoms with E-state index >= 15 is 0 Å². The quantitative estimate of drug-likeness (QED) is 0.735. The number of nitrogens with one attached hydrogen (secondary N) is 1. The molecule has 8 nitrogen and oxygen atoms in total. The van der Waals surface area contributed by atoms with Crippen LogP contribution in [-0.4, -0.2) is 56.4 Å². The van der Waals surface area contributed by atoms with Gasteiger partial charge in [-0.05, 0) is 44.0 Å². The average Bonchev–Trinajstić information content (AvgIpc) is 3.19. The molecule has 1 N–H and O–H groups in total. The summed E-state index contributed by atoms with van der Waals surface area (Å²) in [5, 5.41) is 2.60. The van der Waals surface area contributed by atoms with Crippen LogP contribution in [0.4, 0.5) is 5.69 Å². The standard InChI is InChI=1S/C18H22N2O6S/c1-12(17(22)19-14-8-10-27(24,25)11-14)26-18(23)13-4-6-15(7-5-13)20-9-2-3-16(20)21/h4-7,12,14H,2-3,8-11H2,1H3,(H,19,22). The van der Waals surface area contributed by atoms with Crippen molar-refractivity contribution in [3.63, 3.8) is 0 Å². The molecule has 2 aliphatic rings. The maximum absolute atomic E-state index is 12.2. The van der Waals surface area contributed by atoms with E-state index < -0.39 is 33.9 Å². The van der Waals surface area contributed by atoms with Crippen LogP contribution in [-0.2, 0) is 24.2 Å². The van der Waals surface area contributed by atoms with E-state index in [1.807, 2.05) is 0 Å². The minimum Gasteiger partial charge on any atom is -0.449 e. The second-order valence-corrected chi connectivity index (χ2v) is 9.08. The van der Waals surface area contributed by atoms with Crippen LogP contribution in [0.1, 0.15) is 36.5 Å². The zero-order valence-electron chi connectivity index (χ0n) is 15.0. The first-order valence-corrected chi connectivity index (χ1v) is 10.7. The number of nitrogens with zero attached hydrogens (tertiary/aromatic N) is 1. The summed E-state index contributed by atoms with van der Waals surface area (Å²) in [4.78, 5) is 37.7. The zero-order chi connectivity index (χ0) is 19.6. The fourth-order valence-electron chi connectivity index (χ4n) is 3.21. The Morgan fingerprint density at radius 1 is 1.26 bits per heavy atom. The minimum absolute atomic E-state index is 0.0536. The Labute approximate surface area is 157 Å². The number of anilines is 1. The summed E-state index contributed by atoms with van der Waals surface area (Å²) in [6.45, 7) is 2.10. The third kappa shape index (κ3) is 4.65. The number of ether oxygens (including phenoxy) is 1. The maximum Gasteiger partial charge on any atom is 0.338 e. The molecule has 2 saturated heterocycles. The van der Waals surface area contributed by atoms with Gasteiger partial charge in [0.1, 0.15) is 0 Å². The fraction of sp³-hybridized carbons (Fsp3) is 0.500. The minimum atomic E-state index is -3.10. The second-order valence-electron chi connectivity index (χ2n) is 6.85. The van der Waals surface area contributed by atoms with Crippen LogP contribution in [0.2, 0.25) is 0 Å². The van der Waals surface area contributed by atoms with Crippen molar-refractivity contribution < 1.29 is 27.5 Å². The van der Waals surface area contributed by atoms with Crippen molar-refractivity contribution in [1.29, 1.82) is 0 Å². The normalized spacial score (nSPS) is 22.5. The highest BCUT2D eigenvalue weighted by Gasteiger charge is 2.31. The van der Waals surface area contributed by atoms with E-state index in [-0.39, 0.29) is 23.0 Å². The molecule has 0 bridgehead atoms. The summed E-state index contributed by atoms with van der Waals surface area (Å²) >= 11 is 0. The monoisotopic (exact) mass is 394 g/mol. The van der Waals surface area contributed by atoms with Crippen LogP contribution in [0, 0.1) is 0 Å². The number of hydrogen-bond donors (Lipinski definition) is 1. The first kappa shape index (κ1) is 19.3. The number of hydrogen-bond acceptors (Lipinski definition) is 6. The molecule has 0 spiro atoms. The van der Waals surface area contributed by atoms with Gasteiger partial charge in [-0.2, -0.15) is 0 Å². The van der Waals surface area contributed by atoms with Crippen molar-refractivity contribution in [2.75, 3.05) is 23.0 Å². The highest BCUT2D eigenvalue weighted by atomic mass is 32.2. The molecule has 0 saturated carbocycles. The Balaban J connectivity index is 1.54. The number of carbonyl (C=O) groups excluding carboxylic acids is 3. The highest BCUT2D eigenvalue weighted by Crippen LogP contribution is 2.22. The van der Waals surface area contributed by atoms with Crippen LogP contribution in [0.3, 0.4) is 0 Å². The van der Waals surface area contributed by atoms with Gasteiger partial charge in [0, 0.05) is 24.7 Å². The Morgan fingerprint density at radius 3 is 2.52 bits per heavy atom. The van der Waals surface area contributed by atoms with Gasteiger partial charge in [-0.1, -0.05) is 0 Å². The van der Waals surface area contributed by atoms with Gasteiger partial charge in [-0.15, -0.1) is 0 Å². The fourth-order valence-corrected chi connectivity index (χ4v) is 4.88. The number of esters is 1. The average molecular weight is 394 g/mol. The van der Waals surface area contributed by atoms with E-state index in [1.54, 1.807) is 29.2 Å². The molecule has 146 valence electrons. The summed E-state index contributed by atoms with van der Waals surface area (Å²) < 4.78 is 28.0. The van der Waals surface area contributed by atoms with Gasteiger partial charge in [0.25, 0.3) is 5.91 Å². The molecule has 3 rings (SSSR count). The van der Waals surface area contributed by atoms with E-state index in [4.69, 9.17) is 4.74 Å². The summed E-state index contributed by atoms with van der Waals surface area (Å²) in [5.74, 6) is -1.15. The lowest BCUT2D eigenvalue weighted by Gasteiger charge is -2.17. The maximum atomic E-state index is 12.2. The first-order chi connectivity index (χ1) is 12.7. The van der Waals surface area contributed by atoms with Gasteiger partial charge in [0.05, 0.1) is 17.1 Å². The highest BCUT2D eigenvalue weighted by molar-refractivity contribution is 7.91. The number of amides is 2. The van der Waals surface area contributed by atoms with E-state index in [9.17, 15) is 22.8 Å². The van der Waals surface area contributed by atoms with Crippen LogP contribution >= 0.6 is 0 Å². The van der Waals surface area contributed by atoms with Gasteiger partial charge >= 0.3 is 5.97 Å². The number of rotatable bonds is 5.